The van der Waals surface area contributed by atoms with Crippen LogP contribution in [0, 0.1) is 11.6 Å². The number of nitrogens with two attached hydrogens (primary N) is 1. The molecule has 7 nitrogen and oxygen atoms in total. The van der Waals surface area contributed by atoms with Crippen molar-refractivity contribution in [3.8, 4) is 28.3 Å². The lowest BCUT2D eigenvalue weighted by Crippen LogP contribution is -2.12. The summed E-state index contributed by atoms with van der Waals surface area (Å²) in [6.45, 7) is 4.66. The van der Waals surface area contributed by atoms with Gasteiger partial charge in [-0.1, -0.05) is 0 Å². The number of nitrogens with zero attached hydrogens (tertiary/aromatic N) is 5. The highest BCUT2D eigenvalue weighted by Gasteiger charge is 2.25. The van der Waals surface area contributed by atoms with E-state index in [1.807, 2.05) is 11.6 Å². The lowest BCUT2D eigenvalue weighted by Gasteiger charge is -2.21. The maximum Gasteiger partial charge on any atom is 0.169 e. The highest BCUT2D eigenvalue weighted by Crippen LogP contribution is 2.37. The minimum atomic E-state index is -0.622. The standard InChI is InChI=1S/C22H20F2N6O/c1-3-29-20-13-6-19(22(25)26-8-13)31-12(2)17-7-15(23)4-5-16(17)21-18(24)10-28-30(21)11-14(20)9-27-29/h4-10,12H,3,11H2,1-2H3,(H2,25,26)/t12-/m1/s1. The van der Waals surface area contributed by atoms with Crippen LogP contribution in [-0.4, -0.2) is 24.5 Å². The Balaban J connectivity index is 1.82. The van der Waals surface area contributed by atoms with E-state index in [0.717, 1.165) is 23.0 Å². The molecule has 2 bridgehead atoms. The van der Waals surface area contributed by atoms with Gasteiger partial charge in [0.05, 0.1) is 24.6 Å². The zero-order valence-corrected chi connectivity index (χ0v) is 17.0. The number of fused-ring (bicyclic) bond motifs is 7. The molecular formula is C22H20F2N6O. The van der Waals surface area contributed by atoms with Crippen molar-refractivity contribution in [2.75, 3.05) is 5.73 Å². The third-order valence-electron chi connectivity index (χ3n) is 5.50. The molecule has 4 heterocycles. The van der Waals surface area contributed by atoms with Crippen molar-refractivity contribution < 1.29 is 13.5 Å². The first kappa shape index (κ1) is 19.2. The van der Waals surface area contributed by atoms with Gasteiger partial charge in [0.2, 0.25) is 0 Å². The van der Waals surface area contributed by atoms with E-state index in [1.165, 1.54) is 12.1 Å². The highest BCUT2D eigenvalue weighted by atomic mass is 19.1. The molecule has 5 rings (SSSR count). The van der Waals surface area contributed by atoms with Crippen LogP contribution >= 0.6 is 0 Å². The van der Waals surface area contributed by atoms with Crippen LogP contribution in [0.3, 0.4) is 0 Å². The average Bonchev–Trinajstić information content (AvgIpc) is 3.32. The minimum absolute atomic E-state index is 0.214. The van der Waals surface area contributed by atoms with E-state index in [0.29, 0.717) is 23.4 Å². The molecule has 0 aliphatic carbocycles. The monoisotopic (exact) mass is 422 g/mol. The van der Waals surface area contributed by atoms with E-state index in [2.05, 4.69) is 15.2 Å². The van der Waals surface area contributed by atoms with Crippen LogP contribution in [0.15, 0.2) is 42.9 Å². The number of pyridine rings is 1. The van der Waals surface area contributed by atoms with Crippen LogP contribution in [-0.2, 0) is 13.1 Å². The molecule has 3 aromatic heterocycles. The molecular weight excluding hydrogens is 402 g/mol. The Kier molecular flexibility index (Phi) is 4.46. The number of benzene rings is 1. The Morgan fingerprint density at radius 2 is 1.97 bits per heavy atom. The van der Waals surface area contributed by atoms with Crippen LogP contribution in [0.5, 0.6) is 5.75 Å². The summed E-state index contributed by atoms with van der Waals surface area (Å²) >= 11 is 0. The van der Waals surface area contributed by atoms with Crippen molar-refractivity contribution in [2.24, 2.45) is 0 Å². The highest BCUT2D eigenvalue weighted by molar-refractivity contribution is 5.69. The molecule has 1 aromatic carbocycles. The summed E-state index contributed by atoms with van der Waals surface area (Å²) in [5, 5.41) is 8.71. The predicted octanol–water partition coefficient (Wildman–Crippen LogP) is 4.19. The molecule has 0 unspecified atom stereocenters. The first-order valence-electron chi connectivity index (χ1n) is 9.94. The summed E-state index contributed by atoms with van der Waals surface area (Å²) in [4.78, 5) is 4.29. The Bertz CT molecular complexity index is 1300. The molecule has 2 N–H and O–H groups in total. The maximum atomic E-state index is 14.9. The molecule has 1 aliphatic heterocycles. The van der Waals surface area contributed by atoms with Gasteiger partial charge in [0, 0.05) is 35.0 Å². The molecule has 9 heteroatoms. The van der Waals surface area contributed by atoms with Crippen molar-refractivity contribution >= 4 is 5.82 Å². The van der Waals surface area contributed by atoms with E-state index < -0.39 is 17.7 Å². The number of rotatable bonds is 1. The maximum absolute atomic E-state index is 14.9. The van der Waals surface area contributed by atoms with Crippen LogP contribution in [0.4, 0.5) is 14.6 Å². The Morgan fingerprint density at radius 3 is 2.77 bits per heavy atom. The molecule has 0 saturated heterocycles. The third kappa shape index (κ3) is 3.13. The van der Waals surface area contributed by atoms with Crippen LogP contribution in [0.2, 0.25) is 0 Å². The quantitative estimate of drug-likeness (QED) is 0.497. The number of aryl methyl sites for hydroxylation is 1. The van der Waals surface area contributed by atoms with E-state index in [-0.39, 0.29) is 18.1 Å². The Hall–Kier alpha value is -3.75. The fourth-order valence-electron chi connectivity index (χ4n) is 4.04. The first-order valence-corrected chi connectivity index (χ1v) is 9.94. The number of halogens is 2. The van der Waals surface area contributed by atoms with Crippen molar-refractivity contribution in [2.45, 2.75) is 33.0 Å². The second-order valence-electron chi connectivity index (χ2n) is 7.43. The molecule has 4 aromatic rings. The molecule has 0 fully saturated rings. The number of aromatic nitrogens is 5. The van der Waals surface area contributed by atoms with Crippen molar-refractivity contribution in [3.05, 3.63) is 65.6 Å². The van der Waals surface area contributed by atoms with E-state index in [9.17, 15) is 8.78 Å². The predicted molar refractivity (Wildman–Crippen MR) is 111 cm³/mol. The summed E-state index contributed by atoms with van der Waals surface area (Å²) in [5.41, 5.74) is 9.73. The molecule has 158 valence electrons. The topological polar surface area (TPSA) is 83.8 Å². The third-order valence-corrected chi connectivity index (χ3v) is 5.50. The van der Waals surface area contributed by atoms with Gasteiger partial charge in [-0.05, 0) is 38.1 Å². The second kappa shape index (κ2) is 7.19. The van der Waals surface area contributed by atoms with E-state index >= 15 is 0 Å². The van der Waals surface area contributed by atoms with Crippen molar-refractivity contribution in [1.29, 1.82) is 0 Å². The fraction of sp³-hybridized carbons (Fsp3) is 0.227. The van der Waals surface area contributed by atoms with E-state index in [1.54, 1.807) is 36.1 Å². The van der Waals surface area contributed by atoms with Gasteiger partial charge in [-0.2, -0.15) is 10.2 Å². The number of ether oxygens (including phenoxy) is 1. The summed E-state index contributed by atoms with van der Waals surface area (Å²) in [6.07, 6.45) is 3.93. The number of hydrogen-bond acceptors (Lipinski definition) is 5. The molecule has 0 saturated carbocycles. The molecule has 1 atom stereocenters. The van der Waals surface area contributed by atoms with Gasteiger partial charge in [-0.15, -0.1) is 0 Å². The van der Waals surface area contributed by atoms with Gasteiger partial charge in [0.15, 0.2) is 17.4 Å². The zero-order chi connectivity index (χ0) is 21.7. The van der Waals surface area contributed by atoms with Gasteiger partial charge in [-0.25, -0.2) is 13.8 Å². The number of nitrogen functional groups attached to an aromatic ring is 1. The lowest BCUT2D eigenvalue weighted by molar-refractivity contribution is 0.227. The normalized spacial score (nSPS) is 15.2. The SMILES string of the molecule is CCn1ncc2c1-c1cnc(N)c(c1)O[C@H](C)c1cc(F)ccc1-c1c(F)cnn1C2. The fourth-order valence-corrected chi connectivity index (χ4v) is 4.04. The second-order valence-corrected chi connectivity index (χ2v) is 7.43. The van der Waals surface area contributed by atoms with E-state index in [4.69, 9.17) is 10.5 Å². The van der Waals surface area contributed by atoms with Gasteiger partial charge in [0.1, 0.15) is 17.6 Å². The Labute approximate surface area is 177 Å². The largest absolute Gasteiger partial charge is 0.482 e. The van der Waals surface area contributed by atoms with Crippen LogP contribution in [0.25, 0.3) is 22.5 Å². The Morgan fingerprint density at radius 1 is 1.13 bits per heavy atom. The number of anilines is 1. The summed E-state index contributed by atoms with van der Waals surface area (Å²) in [7, 11) is 0. The van der Waals surface area contributed by atoms with Gasteiger partial charge >= 0.3 is 0 Å². The lowest BCUT2D eigenvalue weighted by atomic mass is 9.99. The average molecular weight is 422 g/mol. The number of hydrogen-bond donors (Lipinski definition) is 1. The van der Waals surface area contributed by atoms with Gasteiger partial charge in [-0.3, -0.25) is 9.36 Å². The molecule has 0 amide bonds. The summed E-state index contributed by atoms with van der Waals surface area (Å²) in [6, 6.07) is 5.99. The van der Waals surface area contributed by atoms with Crippen LogP contribution < -0.4 is 10.5 Å². The van der Waals surface area contributed by atoms with Crippen molar-refractivity contribution in [1.82, 2.24) is 24.5 Å². The molecule has 0 spiro atoms. The van der Waals surface area contributed by atoms with Gasteiger partial charge in [0.25, 0.3) is 0 Å². The smallest absolute Gasteiger partial charge is 0.169 e. The first-order chi connectivity index (χ1) is 15.0. The zero-order valence-electron chi connectivity index (χ0n) is 17.0. The van der Waals surface area contributed by atoms with Crippen LogP contribution in [0.1, 0.15) is 31.1 Å². The molecule has 1 aliphatic rings. The van der Waals surface area contributed by atoms with Crippen molar-refractivity contribution in [3.63, 3.8) is 0 Å². The minimum Gasteiger partial charge on any atom is -0.482 e. The molecule has 0 radical (unpaired) electrons. The summed E-state index contributed by atoms with van der Waals surface area (Å²) < 4.78 is 38.6. The molecule has 31 heavy (non-hydrogen) atoms. The summed E-state index contributed by atoms with van der Waals surface area (Å²) in [5.74, 6) is -0.365. The van der Waals surface area contributed by atoms with Gasteiger partial charge < -0.3 is 10.5 Å².